The van der Waals surface area contributed by atoms with Crippen molar-refractivity contribution in [1.29, 1.82) is 0 Å². The van der Waals surface area contributed by atoms with E-state index in [0.717, 1.165) is 39.4 Å². The van der Waals surface area contributed by atoms with Crippen LogP contribution < -0.4 is 0 Å². The summed E-state index contributed by atoms with van der Waals surface area (Å²) in [5.74, 6) is 0.133. The van der Waals surface area contributed by atoms with Crippen molar-refractivity contribution in [3.63, 3.8) is 0 Å². The summed E-state index contributed by atoms with van der Waals surface area (Å²) in [7, 11) is 0. The molecule has 0 bridgehead atoms. The molecule has 0 aromatic heterocycles. The van der Waals surface area contributed by atoms with Crippen molar-refractivity contribution < 1.29 is 4.79 Å². The third kappa shape index (κ3) is 4.74. The highest BCUT2D eigenvalue weighted by Crippen LogP contribution is 2.22. The number of nitrogens with zero attached hydrogens (tertiary/aromatic N) is 1. The van der Waals surface area contributed by atoms with Gasteiger partial charge in [-0.15, -0.1) is 0 Å². The minimum atomic E-state index is 0.133. The molecular formula is C15H21BrINO. The molecule has 1 aromatic rings. The van der Waals surface area contributed by atoms with Crippen LogP contribution in [0.1, 0.15) is 50.4 Å². The highest BCUT2D eigenvalue weighted by Gasteiger charge is 2.21. The average molecular weight is 438 g/mol. The van der Waals surface area contributed by atoms with Crippen LogP contribution in [0.3, 0.4) is 0 Å². The van der Waals surface area contributed by atoms with E-state index >= 15 is 0 Å². The van der Waals surface area contributed by atoms with Crippen LogP contribution in [0.15, 0.2) is 22.7 Å². The van der Waals surface area contributed by atoms with Gasteiger partial charge >= 0.3 is 0 Å². The van der Waals surface area contributed by atoms with Gasteiger partial charge < -0.3 is 4.90 Å². The quantitative estimate of drug-likeness (QED) is 0.567. The van der Waals surface area contributed by atoms with E-state index in [2.05, 4.69) is 59.3 Å². The molecule has 1 amide bonds. The van der Waals surface area contributed by atoms with Crippen LogP contribution in [-0.2, 0) is 0 Å². The number of carbonyl (C=O) groups is 1. The zero-order chi connectivity index (χ0) is 14.4. The van der Waals surface area contributed by atoms with Crippen molar-refractivity contribution in [2.45, 2.75) is 46.1 Å². The summed E-state index contributed by atoms with van der Waals surface area (Å²) in [6.45, 7) is 7.24. The lowest BCUT2D eigenvalue weighted by molar-refractivity contribution is 0.0684. The maximum absolute atomic E-state index is 12.7. The predicted octanol–water partition coefficient (Wildman–Crippen LogP) is 5.09. The molecular weight excluding hydrogens is 417 g/mol. The smallest absolute Gasteiger partial charge is 0.255 e. The Hall–Kier alpha value is -0.100. The van der Waals surface area contributed by atoms with E-state index in [1.165, 1.54) is 0 Å². The highest BCUT2D eigenvalue weighted by atomic mass is 127. The van der Waals surface area contributed by atoms with E-state index in [4.69, 9.17) is 0 Å². The Balaban J connectivity index is 3.00. The van der Waals surface area contributed by atoms with Crippen LogP contribution in [0.4, 0.5) is 0 Å². The minimum absolute atomic E-state index is 0.133. The summed E-state index contributed by atoms with van der Waals surface area (Å²) in [5, 5.41) is 0. The molecule has 1 rings (SSSR count). The second-order valence-corrected chi connectivity index (χ2v) is 6.83. The third-order valence-corrected chi connectivity index (χ3v) is 4.66. The summed E-state index contributed by atoms with van der Waals surface area (Å²) >= 11 is 5.73. The van der Waals surface area contributed by atoms with Crippen molar-refractivity contribution in [2.24, 2.45) is 0 Å². The van der Waals surface area contributed by atoms with Crippen LogP contribution in [-0.4, -0.2) is 23.4 Å². The SMILES string of the molecule is CCCCN(C(=O)c1cc(I)ccc1Br)C(C)CC. The fourth-order valence-electron chi connectivity index (χ4n) is 1.89. The van der Waals surface area contributed by atoms with Crippen LogP contribution in [0.2, 0.25) is 0 Å². The largest absolute Gasteiger partial charge is 0.336 e. The normalized spacial score (nSPS) is 12.3. The Morgan fingerprint density at radius 3 is 2.68 bits per heavy atom. The first-order chi connectivity index (χ1) is 9.01. The van der Waals surface area contributed by atoms with Gasteiger partial charge in [0.25, 0.3) is 5.91 Å². The fraction of sp³-hybridized carbons (Fsp3) is 0.533. The molecule has 0 radical (unpaired) electrons. The molecule has 1 atom stereocenters. The van der Waals surface area contributed by atoms with Crippen LogP contribution in [0.5, 0.6) is 0 Å². The molecule has 0 aliphatic heterocycles. The van der Waals surface area contributed by atoms with Gasteiger partial charge in [0.15, 0.2) is 0 Å². The molecule has 0 fully saturated rings. The monoisotopic (exact) mass is 437 g/mol. The minimum Gasteiger partial charge on any atom is -0.336 e. The molecule has 0 heterocycles. The lowest BCUT2D eigenvalue weighted by Gasteiger charge is -2.29. The number of halogens is 2. The number of carbonyl (C=O) groups excluding carboxylic acids is 1. The molecule has 0 saturated heterocycles. The van der Waals surface area contributed by atoms with Crippen LogP contribution >= 0.6 is 38.5 Å². The summed E-state index contributed by atoms with van der Waals surface area (Å²) in [6, 6.07) is 6.18. The number of hydrogen-bond acceptors (Lipinski definition) is 1. The van der Waals surface area contributed by atoms with E-state index in [1.807, 2.05) is 23.1 Å². The molecule has 4 heteroatoms. The van der Waals surface area contributed by atoms with E-state index < -0.39 is 0 Å². The van der Waals surface area contributed by atoms with E-state index in [1.54, 1.807) is 0 Å². The molecule has 2 nitrogen and oxygen atoms in total. The zero-order valence-electron chi connectivity index (χ0n) is 11.7. The van der Waals surface area contributed by atoms with Crippen molar-refractivity contribution in [2.75, 3.05) is 6.54 Å². The van der Waals surface area contributed by atoms with Gasteiger partial charge in [-0.2, -0.15) is 0 Å². The molecule has 0 saturated carbocycles. The number of hydrogen-bond donors (Lipinski definition) is 0. The Bertz CT molecular complexity index is 436. The van der Waals surface area contributed by atoms with Gasteiger partial charge in [0, 0.05) is 20.6 Å². The first-order valence-corrected chi connectivity index (χ1v) is 8.64. The standard InChI is InChI=1S/C15H21BrINO/c1-4-6-9-18(11(3)5-2)15(19)13-10-12(17)7-8-14(13)16/h7-8,10-11H,4-6,9H2,1-3H3. The molecule has 19 heavy (non-hydrogen) atoms. The lowest BCUT2D eigenvalue weighted by Crippen LogP contribution is -2.39. The maximum atomic E-state index is 12.7. The maximum Gasteiger partial charge on any atom is 0.255 e. The third-order valence-electron chi connectivity index (χ3n) is 3.30. The second kappa shape index (κ2) is 8.25. The van der Waals surface area contributed by atoms with Crippen LogP contribution in [0.25, 0.3) is 0 Å². The summed E-state index contributed by atoms with van der Waals surface area (Å²) < 4.78 is 1.96. The first-order valence-electron chi connectivity index (χ1n) is 6.77. The molecule has 0 N–H and O–H groups in total. The lowest BCUT2D eigenvalue weighted by atomic mass is 10.1. The van der Waals surface area contributed by atoms with Crippen molar-refractivity contribution in [3.05, 3.63) is 31.8 Å². The van der Waals surface area contributed by atoms with Gasteiger partial charge in [0.2, 0.25) is 0 Å². The second-order valence-electron chi connectivity index (χ2n) is 4.73. The molecule has 0 aliphatic rings. The molecule has 0 spiro atoms. The molecule has 0 aliphatic carbocycles. The Morgan fingerprint density at radius 2 is 2.11 bits per heavy atom. The van der Waals surface area contributed by atoms with Gasteiger partial charge in [0.05, 0.1) is 5.56 Å². The number of rotatable bonds is 6. The fourth-order valence-corrected chi connectivity index (χ4v) is 2.79. The van der Waals surface area contributed by atoms with Crippen molar-refractivity contribution >= 4 is 44.4 Å². The zero-order valence-corrected chi connectivity index (χ0v) is 15.5. The Morgan fingerprint density at radius 1 is 1.42 bits per heavy atom. The Kier molecular flexibility index (Phi) is 7.36. The number of benzene rings is 1. The molecule has 1 aromatic carbocycles. The van der Waals surface area contributed by atoms with Crippen LogP contribution in [0, 0.1) is 3.57 Å². The summed E-state index contributed by atoms with van der Waals surface area (Å²) in [6.07, 6.45) is 3.14. The highest BCUT2D eigenvalue weighted by molar-refractivity contribution is 14.1. The van der Waals surface area contributed by atoms with Gasteiger partial charge in [-0.05, 0) is 76.5 Å². The van der Waals surface area contributed by atoms with E-state index in [9.17, 15) is 4.79 Å². The van der Waals surface area contributed by atoms with Gasteiger partial charge in [-0.1, -0.05) is 20.3 Å². The van der Waals surface area contributed by atoms with Crippen molar-refractivity contribution in [1.82, 2.24) is 4.90 Å². The first kappa shape index (κ1) is 17.0. The van der Waals surface area contributed by atoms with E-state index in [0.29, 0.717) is 0 Å². The summed E-state index contributed by atoms with van der Waals surface area (Å²) in [4.78, 5) is 14.7. The molecule has 106 valence electrons. The predicted molar refractivity (Wildman–Crippen MR) is 92.6 cm³/mol. The van der Waals surface area contributed by atoms with Gasteiger partial charge in [0.1, 0.15) is 0 Å². The molecule has 1 unspecified atom stereocenters. The summed E-state index contributed by atoms with van der Waals surface area (Å²) in [5.41, 5.74) is 0.767. The number of unbranched alkanes of at least 4 members (excludes halogenated alkanes) is 1. The topological polar surface area (TPSA) is 20.3 Å². The van der Waals surface area contributed by atoms with Crippen molar-refractivity contribution in [3.8, 4) is 0 Å². The van der Waals surface area contributed by atoms with E-state index in [-0.39, 0.29) is 11.9 Å². The van der Waals surface area contributed by atoms with Gasteiger partial charge in [-0.3, -0.25) is 4.79 Å². The number of amides is 1. The van der Waals surface area contributed by atoms with Gasteiger partial charge in [-0.25, -0.2) is 0 Å². The Labute approximate surface area is 138 Å². The average Bonchev–Trinajstić information content (AvgIpc) is 2.41.